The standard InChI is InChI=1S/C30H53NO/c1-19(2)10-9-15-30(8,32)22-13-16-28(6)21(22)11-12-24-26-20(3)18-25(31)27(4,5)23(26)14-17-29(24,28)7/h10,20-26,32H,9,11-18,31H2,1-8H3/t20-,21-,22+,23-,24-,25+,26?,28-,29-,30+/m1/s1. The molecule has 184 valence electrons. The van der Waals surface area contributed by atoms with Gasteiger partial charge in [0.1, 0.15) is 0 Å². The molecule has 0 bridgehead atoms. The second-order valence-electron chi connectivity index (χ2n) is 14.3. The van der Waals surface area contributed by atoms with E-state index in [0.717, 1.165) is 36.5 Å². The van der Waals surface area contributed by atoms with Gasteiger partial charge in [0.25, 0.3) is 0 Å². The zero-order chi connectivity index (χ0) is 23.7. The number of hydrogen-bond acceptors (Lipinski definition) is 2. The normalized spacial score (nSPS) is 49.4. The Morgan fingerprint density at radius 2 is 1.56 bits per heavy atom. The lowest BCUT2D eigenvalue weighted by atomic mass is 9.38. The molecule has 1 unspecified atom stereocenters. The summed E-state index contributed by atoms with van der Waals surface area (Å²) >= 11 is 0. The molecule has 0 radical (unpaired) electrons. The van der Waals surface area contributed by atoms with Crippen LogP contribution >= 0.6 is 0 Å². The quantitative estimate of drug-likeness (QED) is 0.446. The topological polar surface area (TPSA) is 46.2 Å². The van der Waals surface area contributed by atoms with Crippen molar-refractivity contribution in [2.24, 2.45) is 57.5 Å². The molecule has 0 amide bonds. The van der Waals surface area contributed by atoms with E-state index in [0.29, 0.717) is 28.7 Å². The number of rotatable bonds is 4. The van der Waals surface area contributed by atoms with Crippen LogP contribution in [0.15, 0.2) is 11.6 Å². The molecule has 10 atom stereocenters. The van der Waals surface area contributed by atoms with Gasteiger partial charge >= 0.3 is 0 Å². The fraction of sp³-hybridized carbons (Fsp3) is 0.933. The summed E-state index contributed by atoms with van der Waals surface area (Å²) in [4.78, 5) is 0. The highest BCUT2D eigenvalue weighted by atomic mass is 16.3. The molecule has 0 aliphatic heterocycles. The van der Waals surface area contributed by atoms with Crippen molar-refractivity contribution in [1.29, 1.82) is 0 Å². The lowest BCUT2D eigenvalue weighted by molar-refractivity contribution is -0.185. The molecule has 4 rings (SSSR count). The van der Waals surface area contributed by atoms with E-state index in [1.807, 2.05) is 0 Å². The molecule has 2 nitrogen and oxygen atoms in total. The predicted molar refractivity (Wildman–Crippen MR) is 136 cm³/mol. The highest BCUT2D eigenvalue weighted by molar-refractivity contribution is 5.16. The summed E-state index contributed by atoms with van der Waals surface area (Å²) in [6, 6.07) is 0.349. The van der Waals surface area contributed by atoms with E-state index in [1.165, 1.54) is 50.5 Å². The van der Waals surface area contributed by atoms with Gasteiger partial charge in [0.15, 0.2) is 0 Å². The number of hydrogen-bond donors (Lipinski definition) is 2. The van der Waals surface area contributed by atoms with Gasteiger partial charge in [-0.05, 0) is 130 Å². The van der Waals surface area contributed by atoms with Crippen LogP contribution in [0.5, 0.6) is 0 Å². The smallest absolute Gasteiger partial charge is 0.0653 e. The molecule has 0 aromatic heterocycles. The first-order chi connectivity index (χ1) is 14.8. The summed E-state index contributed by atoms with van der Waals surface area (Å²) in [6.45, 7) is 19.2. The zero-order valence-electron chi connectivity index (χ0n) is 22.5. The van der Waals surface area contributed by atoms with Gasteiger partial charge in [0.05, 0.1) is 5.60 Å². The van der Waals surface area contributed by atoms with E-state index >= 15 is 0 Å². The Morgan fingerprint density at radius 3 is 2.22 bits per heavy atom. The maximum absolute atomic E-state index is 11.6. The molecule has 0 spiro atoms. The van der Waals surface area contributed by atoms with E-state index in [-0.39, 0.29) is 5.41 Å². The molecule has 32 heavy (non-hydrogen) atoms. The van der Waals surface area contributed by atoms with Crippen LogP contribution in [0.25, 0.3) is 0 Å². The Bertz CT molecular complexity index is 733. The average Bonchev–Trinajstić information content (AvgIpc) is 3.04. The van der Waals surface area contributed by atoms with Crippen LogP contribution < -0.4 is 5.73 Å². The Balaban J connectivity index is 1.60. The van der Waals surface area contributed by atoms with Crippen LogP contribution in [-0.2, 0) is 0 Å². The number of fused-ring (bicyclic) bond motifs is 5. The van der Waals surface area contributed by atoms with E-state index in [4.69, 9.17) is 5.73 Å². The Kier molecular flexibility index (Phi) is 6.28. The minimum atomic E-state index is -0.540. The highest BCUT2D eigenvalue weighted by Crippen LogP contribution is 2.73. The summed E-state index contributed by atoms with van der Waals surface area (Å²) < 4.78 is 0. The maximum atomic E-state index is 11.6. The van der Waals surface area contributed by atoms with Crippen LogP contribution in [0.3, 0.4) is 0 Å². The second-order valence-corrected chi connectivity index (χ2v) is 14.3. The Morgan fingerprint density at radius 1 is 0.969 bits per heavy atom. The zero-order valence-corrected chi connectivity index (χ0v) is 22.5. The van der Waals surface area contributed by atoms with Gasteiger partial charge in [0.2, 0.25) is 0 Å². The summed E-state index contributed by atoms with van der Waals surface area (Å²) in [7, 11) is 0. The number of aliphatic hydroxyl groups is 1. The van der Waals surface area contributed by atoms with Gasteiger partial charge in [0, 0.05) is 6.04 Å². The van der Waals surface area contributed by atoms with Gasteiger partial charge in [-0.15, -0.1) is 0 Å². The molecule has 0 saturated heterocycles. The number of allylic oxidation sites excluding steroid dienone is 2. The van der Waals surface area contributed by atoms with Crippen LogP contribution in [0.4, 0.5) is 0 Å². The molecule has 4 fully saturated rings. The summed E-state index contributed by atoms with van der Waals surface area (Å²) in [6.07, 6.45) is 13.3. The van der Waals surface area contributed by atoms with Crippen LogP contribution in [0, 0.1) is 51.8 Å². The first-order valence-corrected chi connectivity index (χ1v) is 13.9. The van der Waals surface area contributed by atoms with Crippen molar-refractivity contribution < 1.29 is 5.11 Å². The van der Waals surface area contributed by atoms with Crippen molar-refractivity contribution in [3.8, 4) is 0 Å². The van der Waals surface area contributed by atoms with Crippen LogP contribution in [0.2, 0.25) is 0 Å². The van der Waals surface area contributed by atoms with Gasteiger partial charge in [-0.3, -0.25) is 0 Å². The van der Waals surface area contributed by atoms with E-state index in [2.05, 4.69) is 61.5 Å². The fourth-order valence-electron chi connectivity index (χ4n) is 10.0. The minimum Gasteiger partial charge on any atom is -0.390 e. The molecular formula is C30H53NO. The van der Waals surface area contributed by atoms with Crippen molar-refractivity contribution in [2.75, 3.05) is 0 Å². The molecule has 4 saturated carbocycles. The second kappa shape index (κ2) is 8.11. The van der Waals surface area contributed by atoms with Gasteiger partial charge in [-0.25, -0.2) is 0 Å². The summed E-state index contributed by atoms with van der Waals surface area (Å²) in [5.41, 5.74) is 8.59. The van der Waals surface area contributed by atoms with Crippen molar-refractivity contribution in [3.05, 3.63) is 11.6 Å². The third-order valence-corrected chi connectivity index (χ3v) is 12.3. The maximum Gasteiger partial charge on any atom is 0.0653 e. The Labute approximate surface area is 199 Å². The molecule has 4 aliphatic rings. The summed E-state index contributed by atoms with van der Waals surface area (Å²) in [5.74, 6) is 4.33. The third kappa shape index (κ3) is 3.57. The molecule has 2 heteroatoms. The minimum absolute atomic E-state index is 0.267. The summed E-state index contributed by atoms with van der Waals surface area (Å²) in [5, 5.41) is 11.6. The van der Waals surface area contributed by atoms with Crippen molar-refractivity contribution >= 4 is 0 Å². The third-order valence-electron chi connectivity index (χ3n) is 12.3. The first-order valence-electron chi connectivity index (χ1n) is 13.9. The molecule has 4 aliphatic carbocycles. The van der Waals surface area contributed by atoms with E-state index in [1.54, 1.807) is 0 Å². The fourth-order valence-corrected chi connectivity index (χ4v) is 10.0. The van der Waals surface area contributed by atoms with E-state index in [9.17, 15) is 5.11 Å². The first kappa shape index (κ1) is 24.8. The Hall–Kier alpha value is -0.340. The van der Waals surface area contributed by atoms with Gasteiger partial charge < -0.3 is 10.8 Å². The lowest BCUT2D eigenvalue weighted by Gasteiger charge is -2.67. The highest BCUT2D eigenvalue weighted by Gasteiger charge is 2.67. The van der Waals surface area contributed by atoms with Crippen molar-refractivity contribution in [2.45, 2.75) is 125 Å². The molecule has 3 N–H and O–H groups in total. The largest absolute Gasteiger partial charge is 0.390 e. The molecule has 0 aromatic carbocycles. The average molecular weight is 444 g/mol. The number of nitrogens with two attached hydrogens (primary N) is 1. The molecule has 0 aromatic rings. The van der Waals surface area contributed by atoms with Crippen LogP contribution in [-0.4, -0.2) is 16.7 Å². The van der Waals surface area contributed by atoms with Crippen molar-refractivity contribution in [3.63, 3.8) is 0 Å². The molecule has 0 heterocycles. The lowest BCUT2D eigenvalue weighted by Crippen LogP contribution is -2.63. The van der Waals surface area contributed by atoms with Gasteiger partial charge in [-0.1, -0.05) is 46.3 Å². The van der Waals surface area contributed by atoms with E-state index < -0.39 is 5.60 Å². The molecular weight excluding hydrogens is 390 g/mol. The van der Waals surface area contributed by atoms with Gasteiger partial charge in [-0.2, -0.15) is 0 Å². The van der Waals surface area contributed by atoms with Crippen LogP contribution in [0.1, 0.15) is 113 Å². The van der Waals surface area contributed by atoms with Crippen molar-refractivity contribution in [1.82, 2.24) is 0 Å². The predicted octanol–water partition coefficient (Wildman–Crippen LogP) is 7.35. The SMILES string of the molecule is CC(C)=CCC[C@](C)(O)[C@H]1CC[C@]2(C)[C@@H]1CC[C@@H]1C3[C@H](C)C[C@H](N)C(C)(C)[C@@H]3CC[C@]12C. The monoisotopic (exact) mass is 443 g/mol.